The minimum atomic E-state index is -2.92. The highest BCUT2D eigenvalue weighted by atomic mass is 35.5. The molecule has 0 aliphatic rings. The summed E-state index contributed by atoms with van der Waals surface area (Å²) < 4.78 is 30.0. The van der Waals surface area contributed by atoms with E-state index in [9.17, 15) is 18.4 Å². The highest BCUT2D eigenvalue weighted by molar-refractivity contribution is 6.31. The number of carbonyl (C=O) groups excluding carboxylic acids is 1. The van der Waals surface area contributed by atoms with Crippen molar-refractivity contribution in [3.8, 4) is 0 Å². The Morgan fingerprint density at radius 3 is 2.76 bits per heavy atom. The van der Waals surface area contributed by atoms with Crippen molar-refractivity contribution in [1.82, 2.24) is 4.98 Å². The summed E-state index contributed by atoms with van der Waals surface area (Å²) in [4.78, 5) is 24.8. The predicted molar refractivity (Wildman–Crippen MR) is 57.4 cm³/mol. The second-order valence-corrected chi connectivity index (χ2v) is 3.55. The van der Waals surface area contributed by atoms with Crippen LogP contribution in [0.5, 0.6) is 0 Å². The van der Waals surface area contributed by atoms with E-state index in [2.05, 4.69) is 9.72 Å². The van der Waals surface area contributed by atoms with Crippen molar-refractivity contribution in [3.63, 3.8) is 0 Å². The average molecular weight is 266 g/mol. The van der Waals surface area contributed by atoms with E-state index in [4.69, 9.17) is 11.6 Å². The van der Waals surface area contributed by atoms with Crippen LogP contribution in [0.1, 0.15) is 24.5 Å². The molecule has 7 heteroatoms. The number of carbonyl (C=O) groups is 1. The van der Waals surface area contributed by atoms with Gasteiger partial charge in [-0.25, -0.2) is 8.78 Å². The van der Waals surface area contributed by atoms with Crippen LogP contribution in [0.3, 0.4) is 0 Å². The Bertz CT molecular complexity index is 473. The molecule has 1 heterocycles. The lowest BCUT2D eigenvalue weighted by Crippen LogP contribution is -2.20. The molecule has 0 radical (unpaired) electrons. The number of halogens is 3. The lowest BCUT2D eigenvalue weighted by atomic mass is 10.1. The van der Waals surface area contributed by atoms with Crippen LogP contribution in [0.15, 0.2) is 11.0 Å². The van der Waals surface area contributed by atoms with Gasteiger partial charge in [-0.1, -0.05) is 11.6 Å². The first kappa shape index (κ1) is 13.6. The molecule has 1 aromatic heterocycles. The molecule has 17 heavy (non-hydrogen) atoms. The monoisotopic (exact) mass is 265 g/mol. The Labute approximate surface area is 101 Å². The average Bonchev–Trinajstić information content (AvgIpc) is 2.23. The van der Waals surface area contributed by atoms with Gasteiger partial charge in [-0.05, 0) is 6.92 Å². The number of nitrogens with one attached hydrogen (secondary N) is 1. The van der Waals surface area contributed by atoms with Gasteiger partial charge in [0.05, 0.1) is 18.1 Å². The number of H-pyrrole nitrogens is 1. The van der Waals surface area contributed by atoms with Gasteiger partial charge in [0.2, 0.25) is 0 Å². The van der Waals surface area contributed by atoms with E-state index in [0.29, 0.717) is 0 Å². The molecule has 0 amide bonds. The number of alkyl halides is 2. The number of hydrogen-bond acceptors (Lipinski definition) is 3. The fraction of sp³-hybridized carbons (Fsp3) is 0.400. The second kappa shape index (κ2) is 5.77. The Morgan fingerprint density at radius 2 is 2.24 bits per heavy atom. The molecule has 1 rings (SSSR count). The number of esters is 1. The topological polar surface area (TPSA) is 59.2 Å². The SMILES string of the molecule is CCOC(=O)Cc1c(C(F)F)c(Cl)c[nH]c1=O. The Kier molecular flexibility index (Phi) is 4.62. The maximum Gasteiger partial charge on any atom is 0.310 e. The molecule has 0 aliphatic carbocycles. The van der Waals surface area contributed by atoms with E-state index in [-0.39, 0.29) is 17.2 Å². The first-order chi connectivity index (χ1) is 7.97. The molecule has 1 N–H and O–H groups in total. The molecule has 0 unspecified atom stereocenters. The summed E-state index contributed by atoms with van der Waals surface area (Å²) in [6.45, 7) is 1.69. The Hall–Kier alpha value is -1.43. The van der Waals surface area contributed by atoms with Crippen LogP contribution in [-0.4, -0.2) is 17.6 Å². The van der Waals surface area contributed by atoms with Gasteiger partial charge in [0.1, 0.15) is 0 Å². The molecule has 0 aliphatic heterocycles. The predicted octanol–water partition coefficient (Wildman–Crippen LogP) is 2.07. The van der Waals surface area contributed by atoms with Gasteiger partial charge in [0, 0.05) is 17.3 Å². The molecule has 0 aromatic carbocycles. The van der Waals surface area contributed by atoms with Crippen LogP contribution in [0.2, 0.25) is 5.02 Å². The Morgan fingerprint density at radius 1 is 1.59 bits per heavy atom. The summed E-state index contributed by atoms with van der Waals surface area (Å²) >= 11 is 5.55. The highest BCUT2D eigenvalue weighted by Gasteiger charge is 2.22. The minimum absolute atomic E-state index is 0.112. The molecular formula is C10H10ClF2NO3. The maximum atomic E-state index is 12.7. The zero-order valence-electron chi connectivity index (χ0n) is 8.93. The highest BCUT2D eigenvalue weighted by Crippen LogP contribution is 2.28. The molecule has 94 valence electrons. The van der Waals surface area contributed by atoms with Crippen molar-refractivity contribution in [2.45, 2.75) is 19.8 Å². The number of ether oxygens (including phenoxy) is 1. The number of aromatic nitrogens is 1. The minimum Gasteiger partial charge on any atom is -0.466 e. The largest absolute Gasteiger partial charge is 0.466 e. The number of hydrogen-bond donors (Lipinski definition) is 1. The summed E-state index contributed by atoms with van der Waals surface area (Å²) in [5, 5.41) is -0.279. The van der Waals surface area contributed by atoms with Gasteiger partial charge in [-0.3, -0.25) is 9.59 Å². The third-order valence-corrected chi connectivity index (χ3v) is 2.34. The maximum absolute atomic E-state index is 12.7. The van der Waals surface area contributed by atoms with Crippen LogP contribution in [-0.2, 0) is 16.0 Å². The summed E-state index contributed by atoms with van der Waals surface area (Å²) in [6.07, 6.45) is -2.47. The van der Waals surface area contributed by atoms with E-state index in [1.807, 2.05) is 0 Å². The van der Waals surface area contributed by atoms with Gasteiger partial charge in [-0.2, -0.15) is 0 Å². The van der Waals surface area contributed by atoms with E-state index in [1.54, 1.807) is 6.92 Å². The van der Waals surface area contributed by atoms with Crippen molar-refractivity contribution in [2.75, 3.05) is 6.61 Å². The zero-order valence-corrected chi connectivity index (χ0v) is 9.68. The fourth-order valence-corrected chi connectivity index (χ4v) is 1.58. The summed E-state index contributed by atoms with van der Waals surface area (Å²) in [6, 6.07) is 0. The summed E-state index contributed by atoms with van der Waals surface area (Å²) in [5.74, 6) is -0.748. The first-order valence-electron chi connectivity index (χ1n) is 4.81. The summed E-state index contributed by atoms with van der Waals surface area (Å²) in [7, 11) is 0. The smallest absolute Gasteiger partial charge is 0.310 e. The Balaban J connectivity index is 3.17. The van der Waals surface area contributed by atoms with E-state index in [0.717, 1.165) is 6.20 Å². The molecule has 0 bridgehead atoms. The summed E-state index contributed by atoms with van der Waals surface area (Å²) in [5.41, 5.74) is -1.74. The van der Waals surface area contributed by atoms with Gasteiger partial charge in [0.15, 0.2) is 0 Å². The molecule has 0 saturated carbocycles. The lowest BCUT2D eigenvalue weighted by molar-refractivity contribution is -0.142. The van der Waals surface area contributed by atoms with Crippen LogP contribution < -0.4 is 5.56 Å². The van der Waals surface area contributed by atoms with Crippen molar-refractivity contribution in [2.24, 2.45) is 0 Å². The van der Waals surface area contributed by atoms with Crippen molar-refractivity contribution < 1.29 is 18.3 Å². The van der Waals surface area contributed by atoms with Crippen LogP contribution >= 0.6 is 11.6 Å². The number of pyridine rings is 1. The standard InChI is InChI=1S/C10H10ClF2NO3/c1-2-17-7(15)3-5-8(9(12)13)6(11)4-14-10(5)16/h4,9H,2-3H2,1H3,(H,14,16). The van der Waals surface area contributed by atoms with Gasteiger partial charge in [-0.15, -0.1) is 0 Å². The normalized spacial score (nSPS) is 10.6. The van der Waals surface area contributed by atoms with Crippen molar-refractivity contribution in [3.05, 3.63) is 32.7 Å². The molecule has 1 aromatic rings. The second-order valence-electron chi connectivity index (χ2n) is 3.14. The molecule has 0 atom stereocenters. The first-order valence-corrected chi connectivity index (χ1v) is 5.18. The fourth-order valence-electron chi connectivity index (χ4n) is 1.33. The van der Waals surface area contributed by atoms with Crippen LogP contribution in [0.25, 0.3) is 0 Å². The lowest BCUT2D eigenvalue weighted by Gasteiger charge is -2.09. The quantitative estimate of drug-likeness (QED) is 0.848. The van der Waals surface area contributed by atoms with Gasteiger partial charge >= 0.3 is 5.97 Å². The molecule has 0 spiro atoms. The van der Waals surface area contributed by atoms with Crippen LogP contribution in [0.4, 0.5) is 8.78 Å². The van der Waals surface area contributed by atoms with Gasteiger partial charge < -0.3 is 9.72 Å². The zero-order chi connectivity index (χ0) is 13.0. The number of aromatic amines is 1. The van der Waals surface area contributed by atoms with E-state index >= 15 is 0 Å². The molecular weight excluding hydrogens is 256 g/mol. The van der Waals surface area contributed by atoms with Gasteiger partial charge in [0.25, 0.3) is 12.0 Å². The van der Waals surface area contributed by atoms with Crippen molar-refractivity contribution >= 4 is 17.6 Å². The van der Waals surface area contributed by atoms with E-state index in [1.165, 1.54) is 0 Å². The van der Waals surface area contributed by atoms with Crippen LogP contribution in [0, 0.1) is 0 Å². The molecule has 0 saturated heterocycles. The third kappa shape index (κ3) is 3.26. The molecule has 0 fully saturated rings. The van der Waals surface area contributed by atoms with E-state index < -0.39 is 29.9 Å². The van der Waals surface area contributed by atoms with Crippen molar-refractivity contribution in [1.29, 1.82) is 0 Å². The number of rotatable bonds is 4. The third-order valence-electron chi connectivity index (χ3n) is 2.03. The molecule has 4 nitrogen and oxygen atoms in total.